The number of benzene rings is 1. The van der Waals surface area contributed by atoms with Gasteiger partial charge >= 0.3 is 0 Å². The molecule has 1 aromatic carbocycles. The van der Waals surface area contributed by atoms with Crippen molar-refractivity contribution in [3.05, 3.63) is 35.6 Å². The van der Waals surface area contributed by atoms with Crippen LogP contribution in [0.5, 0.6) is 0 Å². The summed E-state index contributed by atoms with van der Waals surface area (Å²) in [5.74, 6) is 0.454. The van der Waals surface area contributed by atoms with Crippen LogP contribution in [0.15, 0.2) is 24.3 Å². The predicted octanol–water partition coefficient (Wildman–Crippen LogP) is 2.56. The van der Waals surface area contributed by atoms with Crippen LogP contribution < -0.4 is 5.32 Å². The number of nitrogens with zero attached hydrogens (tertiary/aromatic N) is 1. The first kappa shape index (κ1) is 15.0. The second kappa shape index (κ2) is 6.84. The predicted molar refractivity (Wildman–Crippen MR) is 77.7 cm³/mol. The molecule has 1 aliphatic heterocycles. The number of nitrogens with one attached hydrogen (secondary N) is 1. The van der Waals surface area contributed by atoms with Crippen molar-refractivity contribution in [2.75, 3.05) is 13.1 Å². The van der Waals surface area contributed by atoms with Crippen molar-refractivity contribution in [3.8, 4) is 0 Å². The third-order valence-corrected chi connectivity index (χ3v) is 4.00. The first-order chi connectivity index (χ1) is 9.56. The molecule has 0 aliphatic carbocycles. The van der Waals surface area contributed by atoms with Crippen LogP contribution >= 0.6 is 0 Å². The Labute approximate surface area is 120 Å². The Kier molecular flexibility index (Phi) is 5.12. The van der Waals surface area contributed by atoms with E-state index in [2.05, 4.69) is 17.1 Å². The average molecular weight is 278 g/mol. The molecule has 1 heterocycles. The molecule has 0 radical (unpaired) electrons. The van der Waals surface area contributed by atoms with E-state index in [9.17, 15) is 9.18 Å². The Balaban J connectivity index is 1.83. The number of hydrogen-bond acceptors (Lipinski definition) is 2. The molecule has 0 bridgehead atoms. The van der Waals surface area contributed by atoms with Crippen molar-refractivity contribution in [2.45, 2.75) is 39.3 Å². The maximum atomic E-state index is 12.8. The molecular formula is C16H23FN2O. The zero-order chi connectivity index (χ0) is 14.5. The van der Waals surface area contributed by atoms with Gasteiger partial charge in [-0.1, -0.05) is 19.1 Å². The fraction of sp³-hybridized carbons (Fsp3) is 0.562. The molecule has 1 amide bonds. The van der Waals surface area contributed by atoms with E-state index in [4.69, 9.17) is 0 Å². The molecule has 110 valence electrons. The van der Waals surface area contributed by atoms with Crippen LogP contribution in [-0.2, 0) is 11.3 Å². The zero-order valence-corrected chi connectivity index (χ0v) is 12.2. The molecule has 2 atom stereocenters. The van der Waals surface area contributed by atoms with Gasteiger partial charge in [0.25, 0.3) is 0 Å². The molecule has 1 aliphatic rings. The number of piperidine rings is 1. The van der Waals surface area contributed by atoms with Crippen molar-refractivity contribution in [1.82, 2.24) is 10.2 Å². The van der Waals surface area contributed by atoms with Crippen LogP contribution in [0.2, 0.25) is 0 Å². The number of carbonyl (C=O) groups is 1. The van der Waals surface area contributed by atoms with E-state index in [1.54, 1.807) is 12.1 Å². The summed E-state index contributed by atoms with van der Waals surface area (Å²) in [5, 5.41) is 2.93. The molecule has 3 nitrogen and oxygen atoms in total. The molecule has 0 aromatic heterocycles. The van der Waals surface area contributed by atoms with Gasteiger partial charge in [0.15, 0.2) is 0 Å². The Morgan fingerprint density at radius 3 is 2.80 bits per heavy atom. The van der Waals surface area contributed by atoms with Gasteiger partial charge in [0.05, 0.1) is 6.04 Å². The number of hydrogen-bond donors (Lipinski definition) is 1. The van der Waals surface area contributed by atoms with Crippen LogP contribution in [0.3, 0.4) is 0 Å². The molecule has 1 saturated heterocycles. The number of carbonyl (C=O) groups excluding carboxylic acids is 1. The molecule has 20 heavy (non-hydrogen) atoms. The van der Waals surface area contributed by atoms with Crippen molar-refractivity contribution in [1.29, 1.82) is 0 Å². The molecule has 4 heteroatoms. The van der Waals surface area contributed by atoms with E-state index < -0.39 is 0 Å². The van der Waals surface area contributed by atoms with E-state index in [-0.39, 0.29) is 17.8 Å². The lowest BCUT2D eigenvalue weighted by molar-refractivity contribution is -0.126. The van der Waals surface area contributed by atoms with E-state index in [0.29, 0.717) is 12.5 Å². The second-order valence-electron chi connectivity index (χ2n) is 5.76. The highest BCUT2D eigenvalue weighted by Gasteiger charge is 2.25. The van der Waals surface area contributed by atoms with Crippen molar-refractivity contribution >= 4 is 5.91 Å². The van der Waals surface area contributed by atoms with E-state index in [1.165, 1.54) is 18.6 Å². The summed E-state index contributed by atoms with van der Waals surface area (Å²) in [5.41, 5.74) is 0.916. The molecule has 1 fully saturated rings. The van der Waals surface area contributed by atoms with Crippen LogP contribution in [0.4, 0.5) is 4.39 Å². The van der Waals surface area contributed by atoms with Crippen LogP contribution in [0.1, 0.15) is 32.3 Å². The fourth-order valence-corrected chi connectivity index (χ4v) is 2.68. The van der Waals surface area contributed by atoms with E-state index >= 15 is 0 Å². The smallest absolute Gasteiger partial charge is 0.237 e. The SMILES string of the molecule is C[C@@H]1CCCN([C@@H](C)C(=O)NCc2ccc(F)cc2)C1. The molecule has 1 N–H and O–H groups in total. The molecule has 0 spiro atoms. The van der Waals surface area contributed by atoms with Gasteiger partial charge < -0.3 is 5.32 Å². The third kappa shape index (κ3) is 4.04. The summed E-state index contributed by atoms with van der Waals surface area (Å²) >= 11 is 0. The Bertz CT molecular complexity index is 446. The topological polar surface area (TPSA) is 32.3 Å². The number of likely N-dealkylation sites (tertiary alicyclic amines) is 1. The second-order valence-corrected chi connectivity index (χ2v) is 5.76. The van der Waals surface area contributed by atoms with Gasteiger partial charge in [-0.15, -0.1) is 0 Å². The Hall–Kier alpha value is -1.42. The van der Waals surface area contributed by atoms with Gasteiger partial charge in [-0.3, -0.25) is 9.69 Å². The minimum absolute atomic E-state index is 0.0448. The monoisotopic (exact) mass is 278 g/mol. The highest BCUT2D eigenvalue weighted by molar-refractivity contribution is 5.81. The Morgan fingerprint density at radius 1 is 1.45 bits per heavy atom. The highest BCUT2D eigenvalue weighted by Crippen LogP contribution is 2.17. The van der Waals surface area contributed by atoms with Gasteiger partial charge in [0, 0.05) is 13.1 Å². The summed E-state index contributed by atoms with van der Waals surface area (Å²) in [4.78, 5) is 14.4. The largest absolute Gasteiger partial charge is 0.351 e. The molecule has 0 saturated carbocycles. The Morgan fingerprint density at radius 2 is 2.15 bits per heavy atom. The lowest BCUT2D eigenvalue weighted by Gasteiger charge is -2.34. The molecule has 2 rings (SSSR count). The fourth-order valence-electron chi connectivity index (χ4n) is 2.68. The lowest BCUT2D eigenvalue weighted by atomic mass is 9.99. The maximum absolute atomic E-state index is 12.8. The van der Waals surface area contributed by atoms with Crippen LogP contribution in [0.25, 0.3) is 0 Å². The summed E-state index contributed by atoms with van der Waals surface area (Å²) in [6, 6.07) is 6.12. The molecule has 1 aromatic rings. The molecule has 0 unspecified atom stereocenters. The number of amides is 1. The minimum atomic E-state index is -0.254. The number of halogens is 1. The van der Waals surface area contributed by atoms with Gasteiger partial charge in [0.2, 0.25) is 5.91 Å². The van der Waals surface area contributed by atoms with Crippen molar-refractivity contribution in [2.24, 2.45) is 5.92 Å². The minimum Gasteiger partial charge on any atom is -0.351 e. The zero-order valence-electron chi connectivity index (χ0n) is 12.2. The number of rotatable bonds is 4. The van der Waals surface area contributed by atoms with Crippen LogP contribution in [0, 0.1) is 11.7 Å². The normalized spacial score (nSPS) is 21.4. The summed E-state index contributed by atoms with van der Waals surface area (Å²) < 4.78 is 12.8. The van der Waals surface area contributed by atoms with Gasteiger partial charge in [-0.2, -0.15) is 0 Å². The maximum Gasteiger partial charge on any atom is 0.237 e. The molecular weight excluding hydrogens is 255 g/mol. The van der Waals surface area contributed by atoms with E-state index in [1.807, 2.05) is 6.92 Å². The van der Waals surface area contributed by atoms with Gasteiger partial charge in [-0.25, -0.2) is 4.39 Å². The van der Waals surface area contributed by atoms with Gasteiger partial charge in [-0.05, 0) is 49.9 Å². The quantitative estimate of drug-likeness (QED) is 0.918. The summed E-state index contributed by atoms with van der Waals surface area (Å²) in [6.45, 7) is 6.63. The summed E-state index contributed by atoms with van der Waals surface area (Å²) in [7, 11) is 0. The van der Waals surface area contributed by atoms with Crippen molar-refractivity contribution in [3.63, 3.8) is 0 Å². The highest BCUT2D eigenvalue weighted by atomic mass is 19.1. The summed E-state index contributed by atoms with van der Waals surface area (Å²) in [6.07, 6.45) is 2.41. The third-order valence-electron chi connectivity index (χ3n) is 4.00. The first-order valence-corrected chi connectivity index (χ1v) is 7.32. The first-order valence-electron chi connectivity index (χ1n) is 7.32. The average Bonchev–Trinajstić information content (AvgIpc) is 2.45. The van der Waals surface area contributed by atoms with Crippen molar-refractivity contribution < 1.29 is 9.18 Å². The van der Waals surface area contributed by atoms with Crippen LogP contribution in [-0.4, -0.2) is 29.9 Å². The van der Waals surface area contributed by atoms with Gasteiger partial charge in [0.1, 0.15) is 5.82 Å². The van der Waals surface area contributed by atoms with E-state index in [0.717, 1.165) is 25.1 Å². The lowest BCUT2D eigenvalue weighted by Crippen LogP contribution is -2.48. The standard InChI is InChI=1S/C16H23FN2O/c1-12-4-3-9-19(11-12)13(2)16(20)18-10-14-5-7-15(17)8-6-14/h5-8,12-13H,3-4,9-11H2,1-2H3,(H,18,20)/t12-,13+/m1/s1.